The van der Waals surface area contributed by atoms with E-state index in [9.17, 15) is 4.79 Å². The number of aryl methyl sites for hydroxylation is 2. The number of rotatable bonds is 6. The predicted molar refractivity (Wildman–Crippen MR) is 102 cm³/mol. The lowest BCUT2D eigenvalue weighted by Crippen LogP contribution is -2.37. The van der Waals surface area contributed by atoms with Crippen LogP contribution in [0.15, 0.2) is 28.7 Å². The van der Waals surface area contributed by atoms with Crippen LogP contribution in [0.5, 0.6) is 5.75 Å². The molecule has 0 bridgehead atoms. The third-order valence-electron chi connectivity index (χ3n) is 5.30. The molecule has 2 aromatic rings. The number of nitrogens with zero attached hydrogens (tertiary/aromatic N) is 1. The highest BCUT2D eigenvalue weighted by molar-refractivity contribution is 5.96. The Morgan fingerprint density at radius 2 is 1.96 bits per heavy atom. The van der Waals surface area contributed by atoms with Gasteiger partial charge in [0.15, 0.2) is 0 Å². The van der Waals surface area contributed by atoms with Crippen LogP contribution in [0.3, 0.4) is 0 Å². The van der Waals surface area contributed by atoms with E-state index in [0.717, 1.165) is 30.2 Å². The number of likely N-dealkylation sites (tertiary alicyclic amines) is 1. The fourth-order valence-electron chi connectivity index (χ4n) is 3.77. The predicted octanol–water partition coefficient (Wildman–Crippen LogP) is 3.78. The molecule has 1 atom stereocenters. The number of nitrogens with one attached hydrogen (secondary N) is 1. The summed E-state index contributed by atoms with van der Waals surface area (Å²) in [6.45, 7) is 8.34. The molecule has 3 rings (SSSR count). The van der Waals surface area contributed by atoms with E-state index in [2.05, 4.69) is 22.3 Å². The van der Waals surface area contributed by atoms with Crippen LogP contribution in [-0.4, -0.2) is 37.6 Å². The van der Waals surface area contributed by atoms with Crippen LogP contribution in [0.4, 0.5) is 0 Å². The molecule has 0 radical (unpaired) electrons. The standard InChI is InChI=1S/C21H28N2O3/c1-14-15(2)26-16(3)20(14)21(24)22-13-19(23-10-5-6-11-23)17-8-7-9-18(12-17)25-4/h7-9,12,19H,5-6,10-11,13H2,1-4H3,(H,22,24). The van der Waals surface area contributed by atoms with Crippen molar-refractivity contribution in [1.82, 2.24) is 10.2 Å². The van der Waals surface area contributed by atoms with E-state index in [1.807, 2.05) is 32.9 Å². The van der Waals surface area contributed by atoms with E-state index in [1.165, 1.54) is 18.4 Å². The van der Waals surface area contributed by atoms with Crippen molar-refractivity contribution in [3.05, 3.63) is 52.5 Å². The Hall–Kier alpha value is -2.27. The molecular formula is C21H28N2O3. The van der Waals surface area contributed by atoms with Gasteiger partial charge in [-0.15, -0.1) is 0 Å². The molecule has 5 nitrogen and oxygen atoms in total. The monoisotopic (exact) mass is 356 g/mol. The minimum Gasteiger partial charge on any atom is -0.497 e. The molecule has 26 heavy (non-hydrogen) atoms. The van der Waals surface area contributed by atoms with Crippen LogP contribution in [-0.2, 0) is 0 Å². The number of benzene rings is 1. The molecule has 140 valence electrons. The van der Waals surface area contributed by atoms with Crippen molar-refractivity contribution in [1.29, 1.82) is 0 Å². The van der Waals surface area contributed by atoms with Crippen LogP contribution in [0.2, 0.25) is 0 Å². The van der Waals surface area contributed by atoms with E-state index < -0.39 is 0 Å². The second-order valence-corrected chi connectivity index (χ2v) is 6.96. The van der Waals surface area contributed by atoms with Gasteiger partial charge in [-0.25, -0.2) is 0 Å². The van der Waals surface area contributed by atoms with Gasteiger partial charge < -0.3 is 14.5 Å². The van der Waals surface area contributed by atoms with Crippen molar-refractivity contribution >= 4 is 5.91 Å². The number of ether oxygens (including phenoxy) is 1. The molecule has 1 aromatic heterocycles. The first-order valence-electron chi connectivity index (χ1n) is 9.24. The maximum atomic E-state index is 12.8. The third-order valence-corrected chi connectivity index (χ3v) is 5.30. The van der Waals surface area contributed by atoms with Gasteiger partial charge in [-0.1, -0.05) is 12.1 Å². The van der Waals surface area contributed by atoms with Gasteiger partial charge in [0.25, 0.3) is 5.91 Å². The summed E-state index contributed by atoms with van der Waals surface area (Å²) in [6, 6.07) is 8.27. The lowest BCUT2D eigenvalue weighted by atomic mass is 10.0. The molecule has 1 aliphatic heterocycles. The minimum absolute atomic E-state index is 0.0658. The molecule has 0 spiro atoms. The number of carbonyl (C=O) groups is 1. The summed E-state index contributed by atoms with van der Waals surface area (Å²) in [4.78, 5) is 15.2. The van der Waals surface area contributed by atoms with E-state index in [1.54, 1.807) is 7.11 Å². The van der Waals surface area contributed by atoms with Gasteiger partial charge in [0, 0.05) is 12.1 Å². The molecule has 2 heterocycles. The quantitative estimate of drug-likeness (QED) is 0.856. The summed E-state index contributed by atoms with van der Waals surface area (Å²) >= 11 is 0. The zero-order chi connectivity index (χ0) is 18.7. The van der Waals surface area contributed by atoms with Crippen LogP contribution >= 0.6 is 0 Å². The van der Waals surface area contributed by atoms with Crippen LogP contribution < -0.4 is 10.1 Å². The second-order valence-electron chi connectivity index (χ2n) is 6.96. The highest BCUT2D eigenvalue weighted by Gasteiger charge is 2.26. The van der Waals surface area contributed by atoms with E-state index in [4.69, 9.17) is 9.15 Å². The van der Waals surface area contributed by atoms with Gasteiger partial charge in [0.2, 0.25) is 0 Å². The van der Waals surface area contributed by atoms with E-state index in [0.29, 0.717) is 17.9 Å². The van der Waals surface area contributed by atoms with Crippen LogP contribution in [0.1, 0.15) is 51.9 Å². The molecule has 0 saturated carbocycles. The summed E-state index contributed by atoms with van der Waals surface area (Å²) < 4.78 is 11.0. The zero-order valence-corrected chi connectivity index (χ0v) is 16.1. The molecule has 1 aliphatic rings. The third kappa shape index (κ3) is 3.78. The molecule has 1 fully saturated rings. The van der Waals surface area contributed by atoms with Gasteiger partial charge in [0.1, 0.15) is 17.3 Å². The van der Waals surface area contributed by atoms with Crippen molar-refractivity contribution in [2.24, 2.45) is 0 Å². The van der Waals surface area contributed by atoms with Crippen molar-refractivity contribution in [2.45, 2.75) is 39.7 Å². The average Bonchev–Trinajstić information content (AvgIpc) is 3.24. The largest absolute Gasteiger partial charge is 0.497 e. The molecule has 1 N–H and O–H groups in total. The summed E-state index contributed by atoms with van der Waals surface area (Å²) in [5.74, 6) is 2.26. The highest BCUT2D eigenvalue weighted by Crippen LogP contribution is 2.27. The SMILES string of the molecule is COc1cccc(C(CNC(=O)c2c(C)oc(C)c2C)N2CCCC2)c1. The Balaban J connectivity index is 1.78. The van der Waals surface area contributed by atoms with Crippen molar-refractivity contribution in [3.63, 3.8) is 0 Å². The summed E-state index contributed by atoms with van der Waals surface area (Å²) in [5.41, 5.74) is 2.75. The van der Waals surface area contributed by atoms with Crippen molar-refractivity contribution in [3.8, 4) is 5.75 Å². The Labute approximate surface area is 155 Å². The van der Waals surface area contributed by atoms with E-state index in [-0.39, 0.29) is 11.9 Å². The average molecular weight is 356 g/mol. The van der Waals surface area contributed by atoms with Crippen molar-refractivity contribution in [2.75, 3.05) is 26.7 Å². The number of amides is 1. The Kier molecular flexibility index (Phi) is 5.67. The molecule has 5 heteroatoms. The second kappa shape index (κ2) is 7.96. The van der Waals surface area contributed by atoms with Crippen LogP contribution in [0, 0.1) is 20.8 Å². The molecule has 1 saturated heterocycles. The van der Waals surface area contributed by atoms with Crippen LogP contribution in [0.25, 0.3) is 0 Å². The molecule has 0 aliphatic carbocycles. The first kappa shape index (κ1) is 18.5. The summed E-state index contributed by atoms with van der Waals surface area (Å²) in [7, 11) is 1.68. The number of furan rings is 1. The van der Waals surface area contributed by atoms with Gasteiger partial charge >= 0.3 is 0 Å². The Bertz CT molecular complexity index is 776. The number of methoxy groups -OCH3 is 1. The fourth-order valence-corrected chi connectivity index (χ4v) is 3.77. The fraction of sp³-hybridized carbons (Fsp3) is 0.476. The molecule has 1 amide bonds. The highest BCUT2D eigenvalue weighted by atomic mass is 16.5. The lowest BCUT2D eigenvalue weighted by Gasteiger charge is -2.28. The van der Waals surface area contributed by atoms with Crippen molar-refractivity contribution < 1.29 is 13.9 Å². The molecular weight excluding hydrogens is 328 g/mol. The van der Waals surface area contributed by atoms with Gasteiger partial charge in [-0.2, -0.15) is 0 Å². The minimum atomic E-state index is -0.0658. The first-order valence-corrected chi connectivity index (χ1v) is 9.24. The first-order chi connectivity index (χ1) is 12.5. The lowest BCUT2D eigenvalue weighted by molar-refractivity contribution is 0.0936. The smallest absolute Gasteiger partial charge is 0.255 e. The van der Waals surface area contributed by atoms with Gasteiger partial charge in [0.05, 0.1) is 18.7 Å². The number of carbonyl (C=O) groups excluding carboxylic acids is 1. The maximum Gasteiger partial charge on any atom is 0.255 e. The molecule has 1 unspecified atom stereocenters. The normalized spacial score (nSPS) is 15.8. The van der Waals surface area contributed by atoms with E-state index >= 15 is 0 Å². The maximum absolute atomic E-state index is 12.8. The summed E-state index contributed by atoms with van der Waals surface area (Å²) in [5, 5.41) is 3.13. The van der Waals surface area contributed by atoms with Gasteiger partial charge in [-0.3, -0.25) is 9.69 Å². The Morgan fingerprint density at radius 3 is 2.58 bits per heavy atom. The topological polar surface area (TPSA) is 54.7 Å². The number of hydrogen-bond donors (Lipinski definition) is 1. The number of hydrogen-bond acceptors (Lipinski definition) is 4. The van der Waals surface area contributed by atoms with Gasteiger partial charge in [-0.05, 0) is 64.4 Å². The Morgan fingerprint density at radius 1 is 1.23 bits per heavy atom. The zero-order valence-electron chi connectivity index (χ0n) is 16.1. The summed E-state index contributed by atoms with van der Waals surface area (Å²) in [6.07, 6.45) is 2.40. The molecule has 1 aromatic carbocycles.